The van der Waals surface area contributed by atoms with E-state index in [1.54, 1.807) is 18.6 Å². The molecule has 0 aliphatic carbocycles. The Balaban J connectivity index is 1.60. The van der Waals surface area contributed by atoms with Crippen LogP contribution in [0.2, 0.25) is 0 Å². The number of aryl methyl sites for hydroxylation is 1. The van der Waals surface area contributed by atoms with Crippen molar-refractivity contribution in [3.05, 3.63) is 36.0 Å². The van der Waals surface area contributed by atoms with Crippen LogP contribution in [0.3, 0.4) is 0 Å². The number of ether oxygens (including phenoxy) is 1. The van der Waals surface area contributed by atoms with E-state index in [0.717, 1.165) is 31.3 Å². The predicted octanol–water partition coefficient (Wildman–Crippen LogP) is 1.24. The van der Waals surface area contributed by atoms with Crippen LogP contribution in [-0.4, -0.2) is 51.0 Å². The smallest absolute Gasteiger partial charge is 0.253 e. The molecule has 134 valence electrons. The molecule has 8 nitrogen and oxygen atoms in total. The first-order valence-electron chi connectivity index (χ1n) is 8.58. The highest BCUT2D eigenvalue weighted by Crippen LogP contribution is 2.18. The third-order valence-corrected chi connectivity index (χ3v) is 4.20. The number of amides is 1. The lowest BCUT2D eigenvalue weighted by molar-refractivity contribution is -0.00546. The number of rotatable bonds is 5. The summed E-state index contributed by atoms with van der Waals surface area (Å²) in [5.74, 6) is 1.43. The van der Waals surface area contributed by atoms with E-state index in [4.69, 9.17) is 4.74 Å². The van der Waals surface area contributed by atoms with Crippen LogP contribution >= 0.6 is 0 Å². The first-order chi connectivity index (χ1) is 12.1. The van der Waals surface area contributed by atoms with Gasteiger partial charge in [0, 0.05) is 25.8 Å². The highest BCUT2D eigenvalue weighted by molar-refractivity contribution is 5.93. The number of pyridine rings is 1. The normalized spacial score (nSPS) is 20.5. The Morgan fingerprint density at radius 1 is 1.32 bits per heavy atom. The van der Waals surface area contributed by atoms with Crippen LogP contribution in [0.25, 0.3) is 0 Å². The first kappa shape index (κ1) is 17.3. The van der Waals surface area contributed by atoms with Crippen LogP contribution in [0.5, 0.6) is 0 Å². The van der Waals surface area contributed by atoms with Crippen LogP contribution < -0.4 is 10.2 Å². The summed E-state index contributed by atoms with van der Waals surface area (Å²) >= 11 is 0. The van der Waals surface area contributed by atoms with Gasteiger partial charge in [-0.15, -0.1) is 10.2 Å². The molecule has 8 heteroatoms. The van der Waals surface area contributed by atoms with Gasteiger partial charge in [0.05, 0.1) is 24.3 Å². The zero-order valence-corrected chi connectivity index (χ0v) is 14.8. The molecule has 1 N–H and O–H groups in total. The Bertz CT molecular complexity index is 704. The third-order valence-electron chi connectivity index (χ3n) is 4.20. The molecule has 0 unspecified atom stereocenters. The zero-order valence-electron chi connectivity index (χ0n) is 14.8. The van der Waals surface area contributed by atoms with E-state index in [1.165, 1.54) is 0 Å². The number of carbonyl (C=O) groups is 1. The molecular formula is C17H24N6O2. The SMILES string of the molecule is CCn1cnnc1CNC(=O)c1ccc(N2C[C@H](C)O[C@@H](C)C2)nc1. The maximum absolute atomic E-state index is 12.3. The van der Waals surface area contributed by atoms with Crippen LogP contribution in [0.4, 0.5) is 5.82 Å². The van der Waals surface area contributed by atoms with Crippen molar-refractivity contribution in [1.29, 1.82) is 0 Å². The Labute approximate surface area is 147 Å². The third kappa shape index (κ3) is 4.14. The Kier molecular flexibility index (Phi) is 5.28. The van der Waals surface area contributed by atoms with Crippen LogP contribution in [-0.2, 0) is 17.8 Å². The Hall–Kier alpha value is -2.48. The average Bonchev–Trinajstić information content (AvgIpc) is 3.06. The highest BCUT2D eigenvalue weighted by Gasteiger charge is 2.23. The molecule has 1 aliphatic heterocycles. The number of aromatic nitrogens is 4. The molecule has 1 amide bonds. The number of hydrogen-bond donors (Lipinski definition) is 1. The largest absolute Gasteiger partial charge is 0.372 e. The minimum absolute atomic E-state index is 0.171. The van der Waals surface area contributed by atoms with Gasteiger partial charge >= 0.3 is 0 Å². The van der Waals surface area contributed by atoms with E-state index >= 15 is 0 Å². The molecule has 2 aromatic heterocycles. The van der Waals surface area contributed by atoms with E-state index in [9.17, 15) is 4.79 Å². The van der Waals surface area contributed by atoms with Crippen molar-refractivity contribution in [1.82, 2.24) is 25.1 Å². The van der Waals surface area contributed by atoms with Crippen molar-refractivity contribution in [2.24, 2.45) is 0 Å². The van der Waals surface area contributed by atoms with Gasteiger partial charge in [-0.2, -0.15) is 0 Å². The van der Waals surface area contributed by atoms with Gasteiger partial charge in [0.25, 0.3) is 5.91 Å². The van der Waals surface area contributed by atoms with Crippen LogP contribution in [0.15, 0.2) is 24.7 Å². The molecule has 1 aliphatic rings. The summed E-state index contributed by atoms with van der Waals surface area (Å²) in [5, 5.41) is 10.7. The summed E-state index contributed by atoms with van der Waals surface area (Å²) in [6, 6.07) is 3.68. The molecule has 0 aromatic carbocycles. The maximum Gasteiger partial charge on any atom is 0.253 e. The number of morpholine rings is 1. The second-order valence-electron chi connectivity index (χ2n) is 6.28. The number of nitrogens with one attached hydrogen (secondary N) is 1. The number of nitrogens with zero attached hydrogens (tertiary/aromatic N) is 5. The number of carbonyl (C=O) groups excluding carboxylic acids is 1. The van der Waals surface area contributed by atoms with Crippen molar-refractivity contribution in [3.8, 4) is 0 Å². The maximum atomic E-state index is 12.3. The van der Waals surface area contributed by atoms with Gasteiger partial charge < -0.3 is 19.5 Å². The topological polar surface area (TPSA) is 85.2 Å². The quantitative estimate of drug-likeness (QED) is 0.878. The Morgan fingerprint density at radius 2 is 2.08 bits per heavy atom. The van der Waals surface area contributed by atoms with Gasteiger partial charge in [0.1, 0.15) is 12.1 Å². The average molecular weight is 344 g/mol. The van der Waals surface area contributed by atoms with E-state index in [-0.39, 0.29) is 18.1 Å². The fraction of sp³-hybridized carbons (Fsp3) is 0.529. The summed E-state index contributed by atoms with van der Waals surface area (Å²) in [7, 11) is 0. The van der Waals surface area contributed by atoms with Gasteiger partial charge in [0.2, 0.25) is 0 Å². The van der Waals surface area contributed by atoms with Crippen molar-refractivity contribution < 1.29 is 9.53 Å². The highest BCUT2D eigenvalue weighted by atomic mass is 16.5. The standard InChI is InChI=1S/C17H24N6O2/c1-4-22-11-20-21-16(22)8-19-17(24)14-5-6-15(18-7-14)23-9-12(2)25-13(3)10-23/h5-7,11-13H,4,8-10H2,1-3H3,(H,19,24)/t12-,13-/m0/s1. The summed E-state index contributed by atoms with van der Waals surface area (Å²) in [4.78, 5) is 18.9. The van der Waals surface area contributed by atoms with Crippen molar-refractivity contribution in [2.45, 2.75) is 46.1 Å². The second-order valence-corrected chi connectivity index (χ2v) is 6.28. The summed E-state index contributed by atoms with van der Waals surface area (Å²) in [6.07, 6.45) is 3.61. The monoisotopic (exact) mass is 344 g/mol. The minimum atomic E-state index is -0.173. The van der Waals surface area contributed by atoms with E-state index in [2.05, 4.69) is 39.2 Å². The van der Waals surface area contributed by atoms with E-state index in [0.29, 0.717) is 12.1 Å². The first-order valence-corrected chi connectivity index (χ1v) is 8.58. The van der Waals surface area contributed by atoms with Crippen LogP contribution in [0, 0.1) is 0 Å². The van der Waals surface area contributed by atoms with Gasteiger partial charge in [0.15, 0.2) is 5.82 Å². The molecule has 3 rings (SSSR count). The van der Waals surface area contributed by atoms with Gasteiger partial charge in [-0.1, -0.05) is 0 Å². The summed E-state index contributed by atoms with van der Waals surface area (Å²) < 4.78 is 7.63. The van der Waals surface area contributed by atoms with Crippen molar-refractivity contribution >= 4 is 11.7 Å². The van der Waals surface area contributed by atoms with Gasteiger partial charge in [-0.25, -0.2) is 4.98 Å². The van der Waals surface area contributed by atoms with Crippen LogP contribution in [0.1, 0.15) is 37.0 Å². The molecule has 1 fully saturated rings. The number of hydrogen-bond acceptors (Lipinski definition) is 6. The molecule has 1 saturated heterocycles. The molecule has 25 heavy (non-hydrogen) atoms. The molecular weight excluding hydrogens is 320 g/mol. The number of anilines is 1. The lowest BCUT2D eigenvalue weighted by atomic mass is 10.2. The summed E-state index contributed by atoms with van der Waals surface area (Å²) in [5.41, 5.74) is 0.528. The lowest BCUT2D eigenvalue weighted by Crippen LogP contribution is -2.45. The summed E-state index contributed by atoms with van der Waals surface area (Å²) in [6.45, 7) is 8.83. The molecule has 0 radical (unpaired) electrons. The molecule has 2 aromatic rings. The molecule has 0 spiro atoms. The van der Waals surface area contributed by atoms with Crippen molar-refractivity contribution in [2.75, 3.05) is 18.0 Å². The molecule has 2 atom stereocenters. The molecule has 3 heterocycles. The van der Waals surface area contributed by atoms with Gasteiger partial charge in [-0.05, 0) is 32.9 Å². The lowest BCUT2D eigenvalue weighted by Gasteiger charge is -2.36. The predicted molar refractivity (Wildman–Crippen MR) is 93.3 cm³/mol. The fourth-order valence-corrected chi connectivity index (χ4v) is 3.01. The van der Waals surface area contributed by atoms with E-state index in [1.807, 2.05) is 17.6 Å². The molecule has 0 saturated carbocycles. The van der Waals surface area contributed by atoms with Crippen molar-refractivity contribution in [3.63, 3.8) is 0 Å². The second kappa shape index (κ2) is 7.60. The van der Waals surface area contributed by atoms with Gasteiger partial charge in [-0.3, -0.25) is 4.79 Å². The Morgan fingerprint density at radius 3 is 2.72 bits per heavy atom. The molecule has 0 bridgehead atoms. The zero-order chi connectivity index (χ0) is 17.8. The fourth-order valence-electron chi connectivity index (χ4n) is 3.01. The van der Waals surface area contributed by atoms with E-state index < -0.39 is 0 Å². The minimum Gasteiger partial charge on any atom is -0.372 e.